The van der Waals surface area contributed by atoms with E-state index in [1.165, 1.54) is 0 Å². The molecule has 0 spiro atoms. The molecule has 18 heavy (non-hydrogen) atoms. The molecule has 0 heterocycles. The number of rotatable bonds is 4. The van der Waals surface area contributed by atoms with Crippen LogP contribution in [0, 0.1) is 5.92 Å². The van der Waals surface area contributed by atoms with Gasteiger partial charge >= 0.3 is 29.6 Å². The summed E-state index contributed by atoms with van der Waals surface area (Å²) >= 11 is 0. The summed E-state index contributed by atoms with van der Waals surface area (Å²) < 4.78 is 0. The van der Waals surface area contributed by atoms with Gasteiger partial charge in [0.25, 0.3) is 0 Å². The monoisotopic (exact) mass is 254 g/mol. The van der Waals surface area contributed by atoms with Crippen LogP contribution in [0.25, 0.3) is 0 Å². The zero-order valence-corrected chi connectivity index (χ0v) is 12.6. The summed E-state index contributed by atoms with van der Waals surface area (Å²) in [6.07, 6.45) is 4.01. The summed E-state index contributed by atoms with van der Waals surface area (Å²) in [7, 11) is 0. The fourth-order valence-corrected chi connectivity index (χ4v) is 2.72. The van der Waals surface area contributed by atoms with Crippen molar-refractivity contribution in [3.63, 3.8) is 0 Å². The van der Waals surface area contributed by atoms with Crippen molar-refractivity contribution >= 4 is 11.8 Å². The van der Waals surface area contributed by atoms with Crippen molar-refractivity contribution < 1.29 is 44.3 Å². The molecule has 1 saturated carbocycles. The molecule has 0 N–H and O–H groups in total. The van der Waals surface area contributed by atoms with Crippen molar-refractivity contribution in [2.24, 2.45) is 5.92 Å². The largest absolute Gasteiger partial charge is 1.00 e. The summed E-state index contributed by atoms with van der Waals surface area (Å²) in [5.41, 5.74) is 0.800. The number of carbonyl (C=O) groups excluding carboxylic acids is 2. The number of ketones is 1. The number of carbonyl (C=O) groups is 2. The fraction of sp³-hybridized carbons (Fsp3) is 0.429. The van der Waals surface area contributed by atoms with Gasteiger partial charge in [-0.15, -0.1) is 0 Å². The molecule has 0 radical (unpaired) electrons. The third kappa shape index (κ3) is 3.44. The van der Waals surface area contributed by atoms with Crippen LogP contribution in [-0.2, 0) is 9.59 Å². The first-order chi connectivity index (χ1) is 8.20. The van der Waals surface area contributed by atoms with Crippen LogP contribution in [0.4, 0.5) is 0 Å². The Labute approximate surface area is 129 Å². The molecule has 3 nitrogen and oxygen atoms in total. The minimum atomic E-state index is -1.56. The van der Waals surface area contributed by atoms with E-state index in [1.807, 2.05) is 30.3 Å². The van der Waals surface area contributed by atoms with Gasteiger partial charge in [0, 0.05) is 0 Å². The number of carboxylic acids is 1. The molecule has 1 aromatic rings. The molecule has 0 amide bonds. The van der Waals surface area contributed by atoms with Gasteiger partial charge in [-0.05, 0) is 24.3 Å². The van der Waals surface area contributed by atoms with Crippen molar-refractivity contribution in [1.82, 2.24) is 0 Å². The summed E-state index contributed by atoms with van der Waals surface area (Å²) in [4.78, 5) is 22.6. The maximum absolute atomic E-state index is 11.8. The Hall–Kier alpha value is -0.640. The maximum Gasteiger partial charge on any atom is 1.00 e. The number of hydrogen-bond donors (Lipinski definition) is 0. The predicted octanol–water partition coefficient (Wildman–Crippen LogP) is -1.72. The summed E-state index contributed by atoms with van der Waals surface area (Å²) in [5, 5.41) is 10.8. The Kier molecular flexibility index (Phi) is 6.06. The topological polar surface area (TPSA) is 57.2 Å². The minimum Gasteiger partial charge on any atom is -0.542 e. The number of carboxylic acid groups (broad SMARTS) is 1. The van der Waals surface area contributed by atoms with E-state index in [-0.39, 0.29) is 35.5 Å². The number of aliphatic carboxylic acids is 1. The number of hydrogen-bond acceptors (Lipinski definition) is 3. The van der Waals surface area contributed by atoms with Crippen LogP contribution in [0.5, 0.6) is 0 Å². The first-order valence-electron chi connectivity index (χ1n) is 6.00. The van der Waals surface area contributed by atoms with Gasteiger partial charge in [0.2, 0.25) is 0 Å². The molecule has 0 bridgehead atoms. The third-order valence-corrected chi connectivity index (χ3v) is 3.51. The molecule has 1 unspecified atom stereocenters. The summed E-state index contributed by atoms with van der Waals surface area (Å²) in [5.74, 6) is -2.71. The molecular weight excluding hydrogens is 239 g/mol. The van der Waals surface area contributed by atoms with Gasteiger partial charge in [-0.25, -0.2) is 0 Å². The van der Waals surface area contributed by atoms with Crippen LogP contribution in [0.15, 0.2) is 30.3 Å². The average molecular weight is 254 g/mol. The number of benzene rings is 1. The van der Waals surface area contributed by atoms with E-state index < -0.39 is 17.7 Å². The van der Waals surface area contributed by atoms with Gasteiger partial charge < -0.3 is 9.90 Å². The zero-order chi connectivity index (χ0) is 12.3. The van der Waals surface area contributed by atoms with Crippen molar-refractivity contribution in [3.05, 3.63) is 35.9 Å². The van der Waals surface area contributed by atoms with Crippen molar-refractivity contribution in [2.45, 2.75) is 31.6 Å². The van der Waals surface area contributed by atoms with Crippen molar-refractivity contribution in [3.8, 4) is 0 Å². The maximum atomic E-state index is 11.8. The molecule has 1 fully saturated rings. The third-order valence-electron chi connectivity index (χ3n) is 3.51. The normalized spacial score (nSPS) is 16.9. The second-order valence-corrected chi connectivity index (χ2v) is 4.58. The predicted molar refractivity (Wildman–Crippen MR) is 61.2 cm³/mol. The second-order valence-electron chi connectivity index (χ2n) is 4.58. The molecule has 0 saturated heterocycles. The van der Waals surface area contributed by atoms with Gasteiger partial charge in [0.15, 0.2) is 5.78 Å². The first-order valence-corrected chi connectivity index (χ1v) is 6.00. The van der Waals surface area contributed by atoms with E-state index in [2.05, 4.69) is 0 Å². The van der Waals surface area contributed by atoms with Gasteiger partial charge in [-0.2, -0.15) is 0 Å². The molecule has 1 aliphatic rings. The van der Waals surface area contributed by atoms with Crippen LogP contribution >= 0.6 is 0 Å². The Bertz CT molecular complexity index is 410. The molecule has 2 rings (SSSR count). The summed E-state index contributed by atoms with van der Waals surface area (Å²) in [6.45, 7) is 0. The molecule has 0 aromatic heterocycles. The standard InChI is InChI=1S/C14H16O3.Na/c15-13(14(16)17)12(11-8-4-5-9-11)10-6-2-1-3-7-10;/h1-3,6-7,11-12H,4-5,8-9H2,(H,16,17);/q;+1/p-1. The van der Waals surface area contributed by atoms with E-state index in [0.717, 1.165) is 31.2 Å². The quantitative estimate of drug-likeness (QED) is 0.474. The van der Waals surface area contributed by atoms with Gasteiger partial charge in [-0.3, -0.25) is 4.79 Å². The Morgan fingerprint density at radius 1 is 1.11 bits per heavy atom. The number of Topliss-reactive ketones (excluding diaryl/α,β-unsaturated/α-hetero) is 1. The molecule has 1 atom stereocenters. The van der Waals surface area contributed by atoms with Crippen LogP contribution in [0.1, 0.15) is 37.2 Å². The smallest absolute Gasteiger partial charge is 0.542 e. The Balaban J connectivity index is 0.00000162. The van der Waals surface area contributed by atoms with Crippen LogP contribution < -0.4 is 34.7 Å². The van der Waals surface area contributed by atoms with Crippen molar-refractivity contribution in [2.75, 3.05) is 0 Å². The van der Waals surface area contributed by atoms with Gasteiger partial charge in [0.1, 0.15) is 5.97 Å². The molecule has 1 aromatic carbocycles. The van der Waals surface area contributed by atoms with Gasteiger partial charge in [0.05, 0.1) is 5.92 Å². The van der Waals surface area contributed by atoms with E-state index >= 15 is 0 Å². The second kappa shape index (κ2) is 7.07. The van der Waals surface area contributed by atoms with Crippen LogP contribution in [-0.4, -0.2) is 11.8 Å². The molecular formula is C14H15NaO3. The SMILES string of the molecule is O=C([O-])C(=O)C(c1ccccc1)C1CCCC1.[Na+]. The van der Waals surface area contributed by atoms with Crippen LogP contribution in [0.2, 0.25) is 0 Å². The first kappa shape index (κ1) is 15.4. The van der Waals surface area contributed by atoms with Gasteiger partial charge in [-0.1, -0.05) is 43.2 Å². The zero-order valence-electron chi connectivity index (χ0n) is 10.6. The van der Waals surface area contributed by atoms with Crippen LogP contribution in [0.3, 0.4) is 0 Å². The minimum absolute atomic E-state index is 0. The van der Waals surface area contributed by atoms with E-state index in [4.69, 9.17) is 0 Å². The summed E-state index contributed by atoms with van der Waals surface area (Å²) in [6, 6.07) is 9.17. The average Bonchev–Trinajstić information content (AvgIpc) is 2.84. The Morgan fingerprint density at radius 3 is 2.17 bits per heavy atom. The van der Waals surface area contributed by atoms with E-state index in [0.29, 0.717) is 0 Å². The molecule has 0 aliphatic heterocycles. The Morgan fingerprint density at radius 2 is 1.67 bits per heavy atom. The van der Waals surface area contributed by atoms with Crippen molar-refractivity contribution in [1.29, 1.82) is 0 Å². The van der Waals surface area contributed by atoms with E-state index in [1.54, 1.807) is 0 Å². The molecule has 1 aliphatic carbocycles. The van der Waals surface area contributed by atoms with E-state index in [9.17, 15) is 14.7 Å². The molecule has 90 valence electrons. The molecule has 4 heteroatoms. The fourth-order valence-electron chi connectivity index (χ4n) is 2.72.